The molecule has 0 N–H and O–H groups in total. The number of halogens is 3. The quantitative estimate of drug-likeness (QED) is 0.524. The van der Waals surface area contributed by atoms with Crippen molar-refractivity contribution in [3.63, 3.8) is 0 Å². The summed E-state index contributed by atoms with van der Waals surface area (Å²) in [5, 5.41) is 1.09. The second-order valence-corrected chi connectivity index (χ2v) is 7.32. The molecule has 1 amide bonds. The van der Waals surface area contributed by atoms with E-state index in [4.69, 9.17) is 39.5 Å². The largest absolute Gasteiger partial charge is 0.457 e. The van der Waals surface area contributed by atoms with Gasteiger partial charge in [-0.05, 0) is 36.4 Å². The molecule has 2 aromatic rings. The van der Waals surface area contributed by atoms with Crippen LogP contribution in [-0.2, 0) is 14.3 Å². The van der Waals surface area contributed by atoms with Gasteiger partial charge in [0, 0.05) is 34.3 Å². The number of esters is 1. The van der Waals surface area contributed by atoms with E-state index in [-0.39, 0.29) is 29.5 Å². The molecule has 3 rings (SSSR count). The Balaban J connectivity index is 1.60. The van der Waals surface area contributed by atoms with Gasteiger partial charge in [0.25, 0.3) is 0 Å². The van der Waals surface area contributed by atoms with Crippen molar-refractivity contribution in [1.29, 1.82) is 0 Å². The molecule has 27 heavy (non-hydrogen) atoms. The number of hydrogen-bond donors (Lipinski definition) is 0. The lowest BCUT2D eigenvalue weighted by molar-refractivity contribution is -0.147. The molecule has 1 aliphatic heterocycles. The van der Waals surface area contributed by atoms with Crippen molar-refractivity contribution in [2.24, 2.45) is 5.92 Å². The SMILES string of the molecule is O=C(COC(=O)[C@@H]1CC(=O)N(c2cccc(Cl)c2)C1)c1ccc(Cl)cc1Cl. The minimum atomic E-state index is -0.648. The number of carbonyl (C=O) groups excluding carboxylic acids is 3. The number of ether oxygens (including phenoxy) is 1. The molecule has 8 heteroatoms. The van der Waals surface area contributed by atoms with Gasteiger partial charge in [0.2, 0.25) is 11.7 Å². The van der Waals surface area contributed by atoms with E-state index in [0.29, 0.717) is 15.7 Å². The zero-order valence-electron chi connectivity index (χ0n) is 14.0. The Kier molecular flexibility index (Phi) is 6.05. The van der Waals surface area contributed by atoms with Crippen LogP contribution in [0.4, 0.5) is 5.69 Å². The lowest BCUT2D eigenvalue weighted by Gasteiger charge is -2.16. The predicted octanol–water partition coefficient (Wildman–Crippen LogP) is 4.43. The van der Waals surface area contributed by atoms with Crippen molar-refractivity contribution in [1.82, 2.24) is 0 Å². The number of anilines is 1. The molecule has 140 valence electrons. The number of amides is 1. The summed E-state index contributed by atoms with van der Waals surface area (Å²) in [7, 11) is 0. The highest BCUT2D eigenvalue weighted by Gasteiger charge is 2.36. The van der Waals surface area contributed by atoms with Crippen molar-refractivity contribution >= 4 is 58.1 Å². The molecule has 0 aliphatic carbocycles. The van der Waals surface area contributed by atoms with Gasteiger partial charge in [0.05, 0.1) is 10.9 Å². The van der Waals surface area contributed by atoms with Gasteiger partial charge < -0.3 is 9.64 Å². The van der Waals surface area contributed by atoms with Crippen LogP contribution >= 0.6 is 34.8 Å². The van der Waals surface area contributed by atoms with Gasteiger partial charge in [-0.1, -0.05) is 40.9 Å². The average molecular weight is 427 g/mol. The second-order valence-electron chi connectivity index (χ2n) is 6.04. The summed E-state index contributed by atoms with van der Waals surface area (Å²) in [6, 6.07) is 11.3. The van der Waals surface area contributed by atoms with Crippen LogP contribution in [0.5, 0.6) is 0 Å². The monoisotopic (exact) mass is 425 g/mol. The van der Waals surface area contributed by atoms with Crippen molar-refractivity contribution in [3.8, 4) is 0 Å². The molecule has 5 nitrogen and oxygen atoms in total. The number of Topliss-reactive ketones (excluding diaryl/α,β-unsaturated/α-hetero) is 1. The third kappa shape index (κ3) is 4.61. The molecule has 0 unspecified atom stereocenters. The predicted molar refractivity (Wildman–Crippen MR) is 104 cm³/mol. The van der Waals surface area contributed by atoms with Crippen LogP contribution in [0.2, 0.25) is 15.1 Å². The van der Waals surface area contributed by atoms with Crippen molar-refractivity contribution in [2.75, 3.05) is 18.1 Å². The maximum absolute atomic E-state index is 12.3. The molecule has 1 atom stereocenters. The fourth-order valence-electron chi connectivity index (χ4n) is 2.81. The maximum atomic E-state index is 12.3. The van der Waals surface area contributed by atoms with E-state index in [1.807, 2.05) is 0 Å². The Morgan fingerprint density at radius 2 is 1.81 bits per heavy atom. The first-order chi connectivity index (χ1) is 12.8. The highest BCUT2D eigenvalue weighted by atomic mass is 35.5. The summed E-state index contributed by atoms with van der Waals surface area (Å²) in [5.74, 6) is -1.90. The molecule has 1 fully saturated rings. The zero-order valence-corrected chi connectivity index (χ0v) is 16.2. The van der Waals surface area contributed by atoms with Crippen LogP contribution in [-0.4, -0.2) is 30.8 Å². The minimum Gasteiger partial charge on any atom is -0.457 e. The Bertz CT molecular complexity index is 916. The molecule has 0 aromatic heterocycles. The van der Waals surface area contributed by atoms with E-state index < -0.39 is 24.3 Å². The average Bonchev–Trinajstić information content (AvgIpc) is 3.01. The van der Waals surface area contributed by atoms with Gasteiger partial charge in [-0.2, -0.15) is 0 Å². The Morgan fingerprint density at radius 1 is 1.07 bits per heavy atom. The van der Waals surface area contributed by atoms with Crippen LogP contribution in [0.3, 0.4) is 0 Å². The molecule has 1 aliphatic rings. The maximum Gasteiger partial charge on any atom is 0.311 e. The third-order valence-corrected chi connectivity index (χ3v) is 4.94. The van der Waals surface area contributed by atoms with Gasteiger partial charge in [0.1, 0.15) is 0 Å². The smallest absolute Gasteiger partial charge is 0.311 e. The Hall–Kier alpha value is -2.08. The van der Waals surface area contributed by atoms with E-state index >= 15 is 0 Å². The summed E-state index contributed by atoms with van der Waals surface area (Å²) < 4.78 is 5.10. The van der Waals surface area contributed by atoms with E-state index in [2.05, 4.69) is 0 Å². The number of benzene rings is 2. The number of carbonyl (C=O) groups is 3. The van der Waals surface area contributed by atoms with Gasteiger partial charge in [-0.25, -0.2) is 0 Å². The first-order valence-electron chi connectivity index (χ1n) is 8.06. The zero-order chi connectivity index (χ0) is 19.6. The number of nitrogens with zero attached hydrogens (tertiary/aromatic N) is 1. The first-order valence-corrected chi connectivity index (χ1v) is 9.19. The summed E-state index contributed by atoms with van der Waals surface area (Å²) in [5.41, 5.74) is 0.837. The van der Waals surface area contributed by atoms with Crippen LogP contribution in [0, 0.1) is 5.92 Å². The fraction of sp³-hybridized carbons (Fsp3) is 0.211. The number of rotatable bonds is 5. The molecular weight excluding hydrogens is 413 g/mol. The first kappa shape index (κ1) is 19.7. The van der Waals surface area contributed by atoms with Crippen LogP contribution in [0.15, 0.2) is 42.5 Å². The molecule has 1 saturated heterocycles. The van der Waals surface area contributed by atoms with E-state index in [1.54, 1.807) is 24.3 Å². The van der Waals surface area contributed by atoms with Crippen LogP contribution in [0.1, 0.15) is 16.8 Å². The standard InChI is InChI=1S/C19H14Cl3NO4/c20-12-2-1-3-14(7-12)23-9-11(6-18(23)25)19(26)27-10-17(24)15-5-4-13(21)8-16(15)22/h1-5,7-8,11H,6,9-10H2/t11-/m1/s1. The van der Waals surface area contributed by atoms with E-state index in [0.717, 1.165) is 0 Å². The molecule has 2 aromatic carbocycles. The van der Waals surface area contributed by atoms with Gasteiger partial charge in [0.15, 0.2) is 6.61 Å². The normalized spacial score (nSPS) is 16.5. The molecule has 0 bridgehead atoms. The topological polar surface area (TPSA) is 63.7 Å². The van der Waals surface area contributed by atoms with E-state index in [9.17, 15) is 14.4 Å². The third-order valence-electron chi connectivity index (χ3n) is 4.16. The summed E-state index contributed by atoms with van der Waals surface area (Å²) in [6.07, 6.45) is 0.0151. The summed E-state index contributed by atoms with van der Waals surface area (Å²) in [4.78, 5) is 38.2. The van der Waals surface area contributed by atoms with Gasteiger partial charge >= 0.3 is 5.97 Å². The van der Waals surface area contributed by atoms with Gasteiger partial charge in [-0.3, -0.25) is 14.4 Å². The second kappa shape index (κ2) is 8.30. The van der Waals surface area contributed by atoms with Crippen molar-refractivity contribution in [3.05, 3.63) is 63.1 Å². The Labute approximate surface area is 170 Å². The van der Waals surface area contributed by atoms with Crippen molar-refractivity contribution < 1.29 is 19.1 Å². The molecule has 0 radical (unpaired) electrons. The molecule has 1 heterocycles. The lowest BCUT2D eigenvalue weighted by Crippen LogP contribution is -2.27. The molecule has 0 spiro atoms. The summed E-state index contributed by atoms with van der Waals surface area (Å²) in [6.45, 7) is -0.282. The molecular formula is C19H14Cl3NO4. The highest BCUT2D eigenvalue weighted by molar-refractivity contribution is 6.36. The van der Waals surface area contributed by atoms with Crippen LogP contribution < -0.4 is 4.90 Å². The lowest BCUT2D eigenvalue weighted by atomic mass is 10.1. The van der Waals surface area contributed by atoms with Crippen molar-refractivity contribution in [2.45, 2.75) is 6.42 Å². The summed E-state index contributed by atoms with van der Waals surface area (Å²) >= 11 is 17.7. The number of ketones is 1. The number of hydrogen-bond acceptors (Lipinski definition) is 4. The Morgan fingerprint density at radius 3 is 2.52 bits per heavy atom. The van der Waals surface area contributed by atoms with Gasteiger partial charge in [-0.15, -0.1) is 0 Å². The minimum absolute atomic E-state index is 0.0151. The highest BCUT2D eigenvalue weighted by Crippen LogP contribution is 2.28. The fourth-order valence-corrected chi connectivity index (χ4v) is 3.51. The van der Waals surface area contributed by atoms with Crippen LogP contribution in [0.25, 0.3) is 0 Å². The van der Waals surface area contributed by atoms with E-state index in [1.165, 1.54) is 23.1 Å². The molecule has 0 saturated carbocycles.